The van der Waals surface area contributed by atoms with Crippen LogP contribution < -0.4 is 5.73 Å². The highest BCUT2D eigenvalue weighted by Crippen LogP contribution is 2.23. The molecule has 7 nitrogen and oxygen atoms in total. The van der Waals surface area contributed by atoms with Gasteiger partial charge in [0.1, 0.15) is 5.69 Å². The number of nitrogens with two attached hydrogens (primary N) is 1. The number of morpholine rings is 1. The second-order valence-corrected chi connectivity index (χ2v) is 6.51. The van der Waals surface area contributed by atoms with Gasteiger partial charge in [-0.15, -0.1) is 0 Å². The summed E-state index contributed by atoms with van der Waals surface area (Å²) in [5.41, 5.74) is 5.74. The predicted molar refractivity (Wildman–Crippen MR) is 77.2 cm³/mol. The fourth-order valence-electron chi connectivity index (χ4n) is 2.44. The van der Waals surface area contributed by atoms with E-state index in [1.807, 2.05) is 0 Å². The first-order chi connectivity index (χ1) is 10.0. The number of hydrogen-bond donors (Lipinski definition) is 1. The van der Waals surface area contributed by atoms with Crippen molar-refractivity contribution in [2.75, 3.05) is 26.3 Å². The SMILES string of the molecule is NC(=O)c1cc2ccccc2n1S(=O)(=O)N1CCOCC1. The van der Waals surface area contributed by atoms with Gasteiger partial charge in [-0.2, -0.15) is 12.7 Å². The second-order valence-electron chi connectivity index (χ2n) is 4.74. The summed E-state index contributed by atoms with van der Waals surface area (Å²) in [5.74, 6) is -0.775. The first kappa shape index (κ1) is 14.1. The lowest BCUT2D eigenvalue weighted by Crippen LogP contribution is -2.44. The van der Waals surface area contributed by atoms with E-state index in [4.69, 9.17) is 10.5 Å². The molecule has 1 aromatic carbocycles. The van der Waals surface area contributed by atoms with E-state index in [0.717, 1.165) is 3.97 Å². The maximum Gasteiger partial charge on any atom is 0.308 e. The van der Waals surface area contributed by atoms with Crippen molar-refractivity contribution in [2.24, 2.45) is 5.73 Å². The number of amides is 1. The van der Waals surface area contributed by atoms with Crippen LogP contribution in [0.25, 0.3) is 10.9 Å². The molecule has 1 saturated heterocycles. The first-order valence-electron chi connectivity index (χ1n) is 6.50. The Labute approximate surface area is 122 Å². The molecule has 0 radical (unpaired) electrons. The molecule has 2 heterocycles. The largest absolute Gasteiger partial charge is 0.379 e. The van der Waals surface area contributed by atoms with E-state index in [-0.39, 0.29) is 18.8 Å². The topological polar surface area (TPSA) is 94.6 Å². The van der Waals surface area contributed by atoms with Gasteiger partial charge in [0, 0.05) is 18.5 Å². The third-order valence-corrected chi connectivity index (χ3v) is 5.32. The zero-order valence-electron chi connectivity index (χ0n) is 11.2. The van der Waals surface area contributed by atoms with Crippen LogP contribution in [0, 0.1) is 0 Å². The van der Waals surface area contributed by atoms with Crippen LogP contribution in [0.4, 0.5) is 0 Å². The molecule has 0 spiro atoms. The summed E-state index contributed by atoms with van der Waals surface area (Å²) < 4.78 is 33.1. The van der Waals surface area contributed by atoms with Crippen LogP contribution in [0.2, 0.25) is 0 Å². The second kappa shape index (κ2) is 5.14. The number of primary amides is 1. The summed E-state index contributed by atoms with van der Waals surface area (Å²) in [6.07, 6.45) is 0. The van der Waals surface area contributed by atoms with Crippen LogP contribution in [0.15, 0.2) is 30.3 Å². The van der Waals surface area contributed by atoms with Crippen molar-refractivity contribution in [3.8, 4) is 0 Å². The van der Waals surface area contributed by atoms with Crippen molar-refractivity contribution in [1.82, 2.24) is 8.28 Å². The van der Waals surface area contributed by atoms with Crippen molar-refractivity contribution < 1.29 is 17.9 Å². The molecule has 0 unspecified atom stereocenters. The Morgan fingerprint density at radius 3 is 2.52 bits per heavy atom. The van der Waals surface area contributed by atoms with Gasteiger partial charge < -0.3 is 10.5 Å². The number of aromatic nitrogens is 1. The number of carbonyl (C=O) groups is 1. The number of rotatable bonds is 3. The monoisotopic (exact) mass is 309 g/mol. The Balaban J connectivity index is 2.22. The molecule has 0 saturated carbocycles. The molecule has 8 heteroatoms. The van der Waals surface area contributed by atoms with E-state index in [1.165, 1.54) is 10.4 Å². The van der Waals surface area contributed by atoms with Gasteiger partial charge in [0.2, 0.25) is 0 Å². The van der Waals surface area contributed by atoms with Gasteiger partial charge in [0.15, 0.2) is 0 Å². The Hall–Kier alpha value is -1.90. The Kier molecular flexibility index (Phi) is 3.44. The van der Waals surface area contributed by atoms with Gasteiger partial charge in [-0.05, 0) is 12.1 Å². The third-order valence-electron chi connectivity index (χ3n) is 3.45. The summed E-state index contributed by atoms with van der Waals surface area (Å²) in [4.78, 5) is 11.6. The predicted octanol–water partition coefficient (Wildman–Crippen LogP) is 0.165. The normalized spacial score (nSPS) is 17.1. The number of ether oxygens (including phenoxy) is 1. The van der Waals surface area contributed by atoms with E-state index in [0.29, 0.717) is 24.1 Å². The maximum absolute atomic E-state index is 12.8. The van der Waals surface area contributed by atoms with Crippen molar-refractivity contribution in [2.45, 2.75) is 0 Å². The molecule has 1 aliphatic heterocycles. The molecule has 1 aliphatic rings. The molecule has 21 heavy (non-hydrogen) atoms. The van der Waals surface area contributed by atoms with E-state index in [9.17, 15) is 13.2 Å². The summed E-state index contributed by atoms with van der Waals surface area (Å²) in [6.45, 7) is 1.19. The lowest BCUT2D eigenvalue weighted by Gasteiger charge is -2.27. The van der Waals surface area contributed by atoms with Crippen molar-refractivity contribution in [1.29, 1.82) is 0 Å². The van der Waals surface area contributed by atoms with E-state index in [1.54, 1.807) is 24.3 Å². The fourth-order valence-corrected chi connectivity index (χ4v) is 4.09. The van der Waals surface area contributed by atoms with Gasteiger partial charge in [-0.3, -0.25) is 4.79 Å². The fraction of sp³-hybridized carbons (Fsp3) is 0.308. The summed E-state index contributed by atoms with van der Waals surface area (Å²) in [5, 5.41) is 0.656. The Bertz CT molecular complexity index is 791. The highest BCUT2D eigenvalue weighted by molar-refractivity contribution is 7.87. The van der Waals surface area contributed by atoms with Crippen LogP contribution >= 0.6 is 0 Å². The molecular weight excluding hydrogens is 294 g/mol. The molecule has 1 amide bonds. The summed E-state index contributed by atoms with van der Waals surface area (Å²) in [7, 11) is -3.85. The first-order valence-corrected chi connectivity index (χ1v) is 7.90. The highest BCUT2D eigenvalue weighted by Gasteiger charge is 2.30. The van der Waals surface area contributed by atoms with Gasteiger partial charge in [-0.25, -0.2) is 3.97 Å². The van der Waals surface area contributed by atoms with Crippen LogP contribution in [0.5, 0.6) is 0 Å². The minimum absolute atomic E-state index is 0.0392. The lowest BCUT2D eigenvalue weighted by atomic mass is 10.2. The minimum Gasteiger partial charge on any atom is -0.379 e. The molecular formula is C13H15N3O4S. The molecule has 0 aliphatic carbocycles. The Morgan fingerprint density at radius 2 is 1.86 bits per heavy atom. The molecule has 2 aromatic rings. The van der Waals surface area contributed by atoms with E-state index in [2.05, 4.69) is 0 Å². The van der Waals surface area contributed by atoms with E-state index < -0.39 is 16.1 Å². The Morgan fingerprint density at radius 1 is 1.19 bits per heavy atom. The van der Waals surface area contributed by atoms with E-state index >= 15 is 0 Å². The van der Waals surface area contributed by atoms with Crippen molar-refractivity contribution >= 4 is 27.0 Å². The lowest BCUT2D eigenvalue weighted by molar-refractivity contribution is 0.0725. The van der Waals surface area contributed by atoms with Crippen LogP contribution in [0.1, 0.15) is 10.5 Å². The average Bonchev–Trinajstić information content (AvgIpc) is 2.88. The number of para-hydroxylation sites is 1. The minimum atomic E-state index is -3.85. The van der Waals surface area contributed by atoms with Crippen molar-refractivity contribution in [3.05, 3.63) is 36.0 Å². The molecule has 1 fully saturated rings. The number of nitrogens with zero attached hydrogens (tertiary/aromatic N) is 2. The summed E-state index contributed by atoms with van der Waals surface area (Å²) >= 11 is 0. The van der Waals surface area contributed by atoms with Gasteiger partial charge in [0.05, 0.1) is 18.7 Å². The van der Waals surface area contributed by atoms with Gasteiger partial charge >= 0.3 is 10.2 Å². The molecule has 0 bridgehead atoms. The molecule has 1 aromatic heterocycles. The third kappa shape index (κ3) is 2.31. The molecule has 0 atom stereocenters. The zero-order chi connectivity index (χ0) is 15.0. The maximum atomic E-state index is 12.8. The molecule has 3 rings (SSSR count). The molecule has 112 valence electrons. The van der Waals surface area contributed by atoms with Crippen LogP contribution in [0.3, 0.4) is 0 Å². The van der Waals surface area contributed by atoms with Crippen LogP contribution in [-0.4, -0.2) is 48.9 Å². The highest BCUT2D eigenvalue weighted by atomic mass is 32.2. The van der Waals surface area contributed by atoms with Gasteiger partial charge in [0.25, 0.3) is 5.91 Å². The summed E-state index contributed by atoms with van der Waals surface area (Å²) in [6, 6.07) is 8.39. The molecule has 2 N–H and O–H groups in total. The number of benzene rings is 1. The van der Waals surface area contributed by atoms with Gasteiger partial charge in [-0.1, -0.05) is 18.2 Å². The standard InChI is InChI=1S/C13H15N3O4S/c14-13(17)12-9-10-3-1-2-4-11(10)16(12)21(18,19)15-5-7-20-8-6-15/h1-4,9H,5-8H2,(H2,14,17). The zero-order valence-corrected chi connectivity index (χ0v) is 12.0. The number of carbonyl (C=O) groups excluding carboxylic acids is 1. The van der Waals surface area contributed by atoms with Crippen molar-refractivity contribution in [3.63, 3.8) is 0 Å². The number of fused-ring (bicyclic) bond motifs is 1. The van der Waals surface area contributed by atoms with Crippen LogP contribution in [-0.2, 0) is 14.9 Å². The number of hydrogen-bond acceptors (Lipinski definition) is 4. The quantitative estimate of drug-likeness (QED) is 0.874. The smallest absolute Gasteiger partial charge is 0.308 e. The average molecular weight is 309 g/mol.